The van der Waals surface area contributed by atoms with Crippen LogP contribution in [0.4, 0.5) is 20.4 Å². The molecule has 35 heavy (non-hydrogen) atoms. The average molecular weight is 485 g/mol. The molecular weight excluding hydrogens is 458 g/mol. The van der Waals surface area contributed by atoms with Crippen LogP contribution in [0.5, 0.6) is 5.75 Å². The highest BCUT2D eigenvalue weighted by Crippen LogP contribution is 2.25. The van der Waals surface area contributed by atoms with Crippen molar-refractivity contribution in [3.63, 3.8) is 0 Å². The van der Waals surface area contributed by atoms with E-state index >= 15 is 0 Å². The number of rotatable bonds is 8. The Hall–Kier alpha value is -3.63. The van der Waals surface area contributed by atoms with Gasteiger partial charge < -0.3 is 25.2 Å². The highest BCUT2D eigenvalue weighted by Gasteiger charge is 2.28. The zero-order chi connectivity index (χ0) is 24.8. The third-order valence-corrected chi connectivity index (χ3v) is 5.89. The van der Waals surface area contributed by atoms with E-state index in [0.717, 1.165) is 5.56 Å². The highest BCUT2D eigenvalue weighted by atomic mass is 19.3. The maximum Gasteiger partial charge on any atom is 0.387 e. The first-order valence-electron chi connectivity index (χ1n) is 11.2. The van der Waals surface area contributed by atoms with Gasteiger partial charge in [0.2, 0.25) is 11.9 Å². The number of nitrogens with one attached hydrogen (secondary N) is 1. The lowest BCUT2D eigenvalue weighted by molar-refractivity contribution is -0.135. The van der Waals surface area contributed by atoms with Gasteiger partial charge in [0.15, 0.2) is 0 Å². The van der Waals surface area contributed by atoms with Gasteiger partial charge in [0, 0.05) is 36.7 Å². The molecule has 10 heteroatoms. The van der Waals surface area contributed by atoms with Crippen molar-refractivity contribution in [3.05, 3.63) is 66.5 Å². The van der Waals surface area contributed by atoms with Crippen molar-refractivity contribution in [2.45, 2.75) is 31.5 Å². The minimum absolute atomic E-state index is 0.0752. The summed E-state index contributed by atoms with van der Waals surface area (Å²) in [7, 11) is 0. The number of halogens is 2. The van der Waals surface area contributed by atoms with Crippen LogP contribution >= 0.6 is 0 Å². The van der Waals surface area contributed by atoms with Crippen molar-refractivity contribution in [3.8, 4) is 16.9 Å². The predicted octanol–water partition coefficient (Wildman–Crippen LogP) is 3.55. The first-order valence-corrected chi connectivity index (χ1v) is 11.2. The molecule has 2 aromatic carbocycles. The third-order valence-electron chi connectivity index (χ3n) is 5.89. The predicted molar refractivity (Wildman–Crippen MR) is 125 cm³/mol. The number of carbonyl (C=O) groups excluding carboxylic acids is 1. The van der Waals surface area contributed by atoms with Crippen molar-refractivity contribution < 1.29 is 28.5 Å². The van der Waals surface area contributed by atoms with Crippen molar-refractivity contribution in [2.75, 3.05) is 25.0 Å². The van der Waals surface area contributed by atoms with Gasteiger partial charge >= 0.3 is 6.61 Å². The van der Waals surface area contributed by atoms with Crippen LogP contribution in [0.25, 0.3) is 11.1 Å². The number of hydrogen-bond acceptors (Lipinski definition) is 7. The second kappa shape index (κ2) is 11.2. The number of piperidine rings is 1. The smallest absolute Gasteiger partial charge is 0.387 e. The molecule has 0 bridgehead atoms. The third kappa shape index (κ3) is 6.28. The summed E-state index contributed by atoms with van der Waals surface area (Å²) in [4.78, 5) is 23.1. The summed E-state index contributed by atoms with van der Waals surface area (Å²) < 4.78 is 28.9. The van der Waals surface area contributed by atoms with Crippen LogP contribution in [0.15, 0.2) is 60.9 Å². The number of aliphatic hydroxyl groups is 2. The fourth-order valence-electron chi connectivity index (χ4n) is 3.93. The second-order valence-corrected chi connectivity index (χ2v) is 8.24. The molecule has 0 aliphatic carbocycles. The van der Waals surface area contributed by atoms with E-state index in [2.05, 4.69) is 20.0 Å². The molecule has 0 radical (unpaired) electrons. The summed E-state index contributed by atoms with van der Waals surface area (Å²) in [5, 5.41) is 22.6. The SMILES string of the molecule is O=C(C(CO)c1ccc(Nc2ncc(-c3ccc(OC(F)F)cc3)cn2)cc1)N1CCC(O)CC1. The first kappa shape index (κ1) is 24.5. The number of aliphatic hydroxyl groups excluding tert-OH is 2. The maximum atomic E-state index is 12.8. The van der Waals surface area contributed by atoms with Gasteiger partial charge in [-0.2, -0.15) is 8.78 Å². The van der Waals surface area contributed by atoms with Crippen LogP contribution in [0.1, 0.15) is 24.3 Å². The highest BCUT2D eigenvalue weighted by molar-refractivity contribution is 5.84. The zero-order valence-electron chi connectivity index (χ0n) is 18.8. The number of likely N-dealkylation sites (tertiary alicyclic amines) is 1. The minimum Gasteiger partial charge on any atom is -0.435 e. The van der Waals surface area contributed by atoms with E-state index in [9.17, 15) is 23.8 Å². The molecule has 1 amide bonds. The Morgan fingerprint density at radius 1 is 1.03 bits per heavy atom. The number of benzene rings is 2. The summed E-state index contributed by atoms with van der Waals surface area (Å²) in [5.41, 5.74) is 2.87. The molecule has 1 saturated heterocycles. The molecule has 2 heterocycles. The van der Waals surface area contributed by atoms with Crippen LogP contribution in [0.2, 0.25) is 0 Å². The molecule has 1 unspecified atom stereocenters. The summed E-state index contributed by atoms with van der Waals surface area (Å²) in [6, 6.07) is 13.3. The molecule has 8 nitrogen and oxygen atoms in total. The Balaban J connectivity index is 1.38. The molecule has 3 aromatic rings. The molecule has 1 aliphatic heterocycles. The molecule has 0 saturated carbocycles. The van der Waals surface area contributed by atoms with Gasteiger partial charge in [0.25, 0.3) is 0 Å². The second-order valence-electron chi connectivity index (χ2n) is 8.24. The van der Waals surface area contributed by atoms with Crippen LogP contribution in [0, 0.1) is 0 Å². The Bertz CT molecular complexity index is 1100. The molecule has 1 aromatic heterocycles. The molecule has 1 fully saturated rings. The van der Waals surface area contributed by atoms with Crippen molar-refractivity contribution in [1.82, 2.24) is 14.9 Å². The quantitative estimate of drug-likeness (QED) is 0.449. The van der Waals surface area contributed by atoms with E-state index in [1.165, 1.54) is 12.1 Å². The minimum atomic E-state index is -2.87. The van der Waals surface area contributed by atoms with Crippen LogP contribution < -0.4 is 10.1 Å². The monoisotopic (exact) mass is 484 g/mol. The lowest BCUT2D eigenvalue weighted by atomic mass is 9.96. The van der Waals surface area contributed by atoms with Crippen molar-refractivity contribution in [1.29, 1.82) is 0 Å². The van der Waals surface area contributed by atoms with Crippen molar-refractivity contribution in [2.24, 2.45) is 0 Å². The number of hydrogen-bond donors (Lipinski definition) is 3. The Labute approximate surface area is 201 Å². The van der Waals surface area contributed by atoms with Crippen LogP contribution in [0.3, 0.4) is 0 Å². The fraction of sp³-hybridized carbons (Fsp3) is 0.320. The summed E-state index contributed by atoms with van der Waals surface area (Å²) >= 11 is 0. The largest absolute Gasteiger partial charge is 0.435 e. The molecule has 3 N–H and O–H groups in total. The van der Waals surface area contributed by atoms with E-state index in [0.29, 0.717) is 48.7 Å². The molecule has 1 atom stereocenters. The molecular formula is C25H26F2N4O4. The Morgan fingerprint density at radius 3 is 2.23 bits per heavy atom. The van der Waals surface area contributed by atoms with Crippen LogP contribution in [-0.2, 0) is 4.79 Å². The lowest BCUT2D eigenvalue weighted by Gasteiger charge is -2.32. The van der Waals surface area contributed by atoms with E-state index in [-0.39, 0.29) is 24.4 Å². The van der Waals surface area contributed by atoms with Crippen LogP contribution in [-0.4, -0.2) is 63.4 Å². The fourth-order valence-corrected chi connectivity index (χ4v) is 3.93. The summed E-state index contributed by atoms with van der Waals surface area (Å²) in [6.07, 6.45) is 3.95. The van der Waals surface area contributed by atoms with Gasteiger partial charge in [-0.15, -0.1) is 0 Å². The lowest BCUT2D eigenvalue weighted by Crippen LogP contribution is -2.43. The number of amides is 1. The molecule has 0 spiro atoms. The number of anilines is 2. The van der Waals surface area contributed by atoms with Gasteiger partial charge in [0.05, 0.1) is 18.6 Å². The van der Waals surface area contributed by atoms with Gasteiger partial charge in [-0.1, -0.05) is 24.3 Å². The van der Waals surface area contributed by atoms with Gasteiger partial charge in [0.1, 0.15) is 5.75 Å². The number of ether oxygens (including phenoxy) is 1. The Kier molecular flexibility index (Phi) is 7.84. The van der Waals surface area contributed by atoms with Gasteiger partial charge in [-0.25, -0.2) is 9.97 Å². The van der Waals surface area contributed by atoms with Gasteiger partial charge in [-0.05, 0) is 48.2 Å². The van der Waals surface area contributed by atoms with E-state index in [4.69, 9.17) is 0 Å². The number of carbonyl (C=O) groups is 1. The number of nitrogens with zero attached hydrogens (tertiary/aromatic N) is 3. The topological polar surface area (TPSA) is 108 Å². The maximum absolute atomic E-state index is 12.8. The number of alkyl halides is 2. The first-order chi connectivity index (χ1) is 16.9. The molecule has 4 rings (SSSR count). The van der Waals surface area contributed by atoms with Gasteiger partial charge in [-0.3, -0.25) is 4.79 Å². The average Bonchev–Trinajstić information content (AvgIpc) is 2.86. The Morgan fingerprint density at radius 2 is 1.66 bits per heavy atom. The summed E-state index contributed by atoms with van der Waals surface area (Å²) in [5.74, 6) is -0.368. The molecule has 184 valence electrons. The van der Waals surface area contributed by atoms with E-state index in [1.807, 2.05) is 0 Å². The summed E-state index contributed by atoms with van der Waals surface area (Å²) in [6.45, 7) is -2.21. The van der Waals surface area contributed by atoms with E-state index in [1.54, 1.807) is 53.7 Å². The standard InChI is InChI=1S/C25H26F2N4O4/c26-24(27)35-21-7-3-16(4-8-21)18-13-28-25(29-14-18)30-19-5-1-17(2-6-19)22(15-32)23(34)31-11-9-20(33)10-12-31/h1-8,13-14,20,22,24,32-33H,9-12,15H2,(H,28,29,30). The normalized spacial score (nSPS) is 15.2. The van der Waals surface area contributed by atoms with Crippen molar-refractivity contribution >= 4 is 17.5 Å². The van der Waals surface area contributed by atoms with E-state index < -0.39 is 12.5 Å². The number of aromatic nitrogens is 2. The molecule has 1 aliphatic rings. The zero-order valence-corrected chi connectivity index (χ0v) is 18.8.